The standard InChI is InChI=1S/C25H26N2O6/c1-15(28)33-19-6-4-5-17(14-19)22-21(24(30)25(31)27(22)11-10-26(2)3)23(29)18-7-8-20-16(13-18)9-12-32-20/h4-8,13-14,22,29H,9-12H2,1-3H3/b23-21-. The molecule has 2 aliphatic rings. The largest absolute Gasteiger partial charge is 0.507 e. The monoisotopic (exact) mass is 450 g/mol. The van der Waals surface area contributed by atoms with Gasteiger partial charge in [0.2, 0.25) is 0 Å². The Morgan fingerprint density at radius 1 is 1.21 bits per heavy atom. The molecular weight excluding hydrogens is 424 g/mol. The lowest BCUT2D eigenvalue weighted by Crippen LogP contribution is -2.35. The number of carbonyl (C=O) groups is 3. The van der Waals surface area contributed by atoms with Gasteiger partial charge in [-0.15, -0.1) is 0 Å². The first kappa shape index (κ1) is 22.5. The highest BCUT2D eigenvalue weighted by Gasteiger charge is 2.46. The van der Waals surface area contributed by atoms with E-state index >= 15 is 0 Å². The van der Waals surface area contributed by atoms with Crippen molar-refractivity contribution in [3.63, 3.8) is 0 Å². The molecule has 33 heavy (non-hydrogen) atoms. The van der Waals surface area contributed by atoms with Crippen molar-refractivity contribution in [2.45, 2.75) is 19.4 Å². The average Bonchev–Trinajstić information content (AvgIpc) is 3.34. The van der Waals surface area contributed by atoms with E-state index in [-0.39, 0.29) is 17.9 Å². The summed E-state index contributed by atoms with van der Waals surface area (Å²) >= 11 is 0. The van der Waals surface area contributed by atoms with Gasteiger partial charge in [-0.1, -0.05) is 12.1 Å². The lowest BCUT2D eigenvalue weighted by molar-refractivity contribution is -0.140. The highest BCUT2D eigenvalue weighted by atomic mass is 16.5. The van der Waals surface area contributed by atoms with Crippen molar-refractivity contribution in [3.05, 3.63) is 64.7 Å². The molecule has 172 valence electrons. The molecule has 0 saturated carbocycles. The number of Topliss-reactive ketones (excluding diaryl/α,β-unsaturated/α-hetero) is 1. The molecule has 1 N–H and O–H groups in total. The maximum Gasteiger partial charge on any atom is 0.308 e. The highest BCUT2D eigenvalue weighted by molar-refractivity contribution is 6.46. The average molecular weight is 450 g/mol. The van der Waals surface area contributed by atoms with Crippen molar-refractivity contribution in [2.75, 3.05) is 33.8 Å². The summed E-state index contributed by atoms with van der Waals surface area (Å²) in [6.45, 7) is 2.68. The fourth-order valence-electron chi connectivity index (χ4n) is 4.17. The van der Waals surface area contributed by atoms with E-state index < -0.39 is 23.7 Å². The summed E-state index contributed by atoms with van der Waals surface area (Å²) in [7, 11) is 3.75. The smallest absolute Gasteiger partial charge is 0.308 e. The number of fused-ring (bicyclic) bond motifs is 1. The Morgan fingerprint density at radius 2 is 2.00 bits per heavy atom. The molecule has 1 amide bonds. The second-order valence-corrected chi connectivity index (χ2v) is 8.38. The van der Waals surface area contributed by atoms with E-state index in [2.05, 4.69) is 0 Å². The number of aliphatic hydroxyl groups is 1. The molecule has 2 aromatic carbocycles. The van der Waals surface area contributed by atoms with E-state index in [0.29, 0.717) is 36.4 Å². The molecule has 2 heterocycles. The molecule has 4 rings (SSSR count). The van der Waals surface area contributed by atoms with Gasteiger partial charge in [-0.25, -0.2) is 0 Å². The fourth-order valence-corrected chi connectivity index (χ4v) is 4.17. The summed E-state index contributed by atoms with van der Waals surface area (Å²) in [6, 6.07) is 11.1. The number of carbonyl (C=O) groups excluding carboxylic acids is 3. The minimum atomic E-state index is -0.815. The first-order chi connectivity index (χ1) is 15.8. The summed E-state index contributed by atoms with van der Waals surface area (Å²) in [5.74, 6) is -1.08. The van der Waals surface area contributed by atoms with Crippen LogP contribution in [0.15, 0.2) is 48.0 Å². The van der Waals surface area contributed by atoms with Gasteiger partial charge in [-0.3, -0.25) is 14.4 Å². The van der Waals surface area contributed by atoms with Crippen molar-refractivity contribution >= 4 is 23.4 Å². The Kier molecular flexibility index (Phi) is 6.20. The van der Waals surface area contributed by atoms with Crippen molar-refractivity contribution in [2.24, 2.45) is 0 Å². The fraction of sp³-hybridized carbons (Fsp3) is 0.320. The highest BCUT2D eigenvalue weighted by Crippen LogP contribution is 2.41. The molecule has 1 atom stereocenters. The van der Waals surface area contributed by atoms with Gasteiger partial charge in [-0.2, -0.15) is 0 Å². The van der Waals surface area contributed by atoms with Crippen LogP contribution in [0, 0.1) is 0 Å². The molecule has 1 fully saturated rings. The van der Waals surface area contributed by atoms with Gasteiger partial charge in [0.05, 0.1) is 18.2 Å². The second kappa shape index (κ2) is 9.07. The minimum Gasteiger partial charge on any atom is -0.507 e. The Labute approximate surface area is 192 Å². The maximum absolute atomic E-state index is 13.1. The summed E-state index contributed by atoms with van der Waals surface area (Å²) < 4.78 is 10.7. The van der Waals surface area contributed by atoms with E-state index in [0.717, 1.165) is 11.3 Å². The number of hydrogen-bond donors (Lipinski definition) is 1. The minimum absolute atomic E-state index is 0.0117. The predicted octanol–water partition coefficient (Wildman–Crippen LogP) is 2.53. The lowest BCUT2D eigenvalue weighted by Gasteiger charge is -2.26. The van der Waals surface area contributed by atoms with Crippen LogP contribution >= 0.6 is 0 Å². The Bertz CT molecular complexity index is 1150. The zero-order valence-electron chi connectivity index (χ0n) is 18.8. The van der Waals surface area contributed by atoms with Gasteiger partial charge in [0.1, 0.15) is 17.3 Å². The van der Waals surface area contributed by atoms with Gasteiger partial charge in [-0.05, 0) is 55.6 Å². The quantitative estimate of drug-likeness (QED) is 0.238. The third-order valence-corrected chi connectivity index (χ3v) is 5.73. The van der Waals surface area contributed by atoms with Crippen LogP contribution in [0.3, 0.4) is 0 Å². The van der Waals surface area contributed by atoms with E-state index in [4.69, 9.17) is 9.47 Å². The van der Waals surface area contributed by atoms with Gasteiger partial charge in [0.25, 0.3) is 11.7 Å². The van der Waals surface area contributed by atoms with Gasteiger partial charge in [0, 0.05) is 32.0 Å². The van der Waals surface area contributed by atoms with E-state index in [1.807, 2.05) is 19.0 Å². The Balaban J connectivity index is 1.83. The molecule has 8 nitrogen and oxygen atoms in total. The van der Waals surface area contributed by atoms with E-state index in [1.165, 1.54) is 11.8 Å². The molecule has 0 bridgehead atoms. The van der Waals surface area contributed by atoms with E-state index in [1.54, 1.807) is 42.5 Å². The third kappa shape index (κ3) is 4.47. The molecule has 2 aliphatic heterocycles. The van der Waals surface area contributed by atoms with Crippen LogP contribution in [0.1, 0.15) is 29.7 Å². The number of aliphatic hydroxyl groups excluding tert-OH is 1. The molecule has 0 radical (unpaired) electrons. The van der Waals surface area contributed by atoms with Crippen LogP contribution in [0.4, 0.5) is 0 Å². The number of benzene rings is 2. The van der Waals surface area contributed by atoms with Crippen LogP contribution in [0.25, 0.3) is 5.76 Å². The Morgan fingerprint density at radius 3 is 2.73 bits per heavy atom. The summed E-state index contributed by atoms with van der Waals surface area (Å²) in [5, 5.41) is 11.2. The van der Waals surface area contributed by atoms with Gasteiger partial charge < -0.3 is 24.4 Å². The summed E-state index contributed by atoms with van der Waals surface area (Å²) in [6.07, 6.45) is 0.710. The third-order valence-electron chi connectivity index (χ3n) is 5.73. The predicted molar refractivity (Wildman–Crippen MR) is 121 cm³/mol. The van der Waals surface area contributed by atoms with Crippen LogP contribution in [0.5, 0.6) is 11.5 Å². The number of nitrogens with zero attached hydrogens (tertiary/aromatic N) is 2. The second-order valence-electron chi connectivity index (χ2n) is 8.38. The SMILES string of the molecule is CC(=O)Oc1cccc(C2/C(=C(/O)c3ccc4c(c3)CCO4)C(=O)C(=O)N2CCN(C)C)c1. The first-order valence-electron chi connectivity index (χ1n) is 10.7. The number of esters is 1. The topological polar surface area (TPSA) is 96.4 Å². The molecule has 2 aromatic rings. The van der Waals surface area contributed by atoms with E-state index in [9.17, 15) is 19.5 Å². The zero-order chi connectivity index (χ0) is 23.7. The lowest BCUT2D eigenvalue weighted by atomic mass is 9.94. The molecule has 8 heteroatoms. The van der Waals surface area contributed by atoms with Crippen molar-refractivity contribution in [1.29, 1.82) is 0 Å². The molecule has 1 saturated heterocycles. The first-order valence-corrected chi connectivity index (χ1v) is 10.7. The van der Waals surface area contributed by atoms with Gasteiger partial charge in [0.15, 0.2) is 0 Å². The summed E-state index contributed by atoms with van der Waals surface area (Å²) in [5.41, 5.74) is 1.97. The number of ether oxygens (including phenoxy) is 2. The number of likely N-dealkylation sites (tertiary alicyclic amines) is 1. The number of amides is 1. The van der Waals surface area contributed by atoms with Crippen LogP contribution < -0.4 is 9.47 Å². The Hall–Kier alpha value is -3.65. The van der Waals surface area contributed by atoms with Crippen molar-refractivity contribution in [3.8, 4) is 11.5 Å². The zero-order valence-corrected chi connectivity index (χ0v) is 18.8. The molecule has 0 spiro atoms. The molecule has 0 aromatic heterocycles. The van der Waals surface area contributed by atoms with Crippen molar-refractivity contribution < 1.29 is 29.0 Å². The van der Waals surface area contributed by atoms with Crippen molar-refractivity contribution in [1.82, 2.24) is 9.80 Å². The molecule has 0 aliphatic carbocycles. The molecule has 1 unspecified atom stereocenters. The number of ketones is 1. The van der Waals surface area contributed by atoms with Gasteiger partial charge >= 0.3 is 5.97 Å². The maximum atomic E-state index is 13.1. The number of likely N-dealkylation sites (N-methyl/N-ethyl adjacent to an activating group) is 1. The van der Waals surface area contributed by atoms with Crippen LogP contribution in [-0.4, -0.2) is 66.4 Å². The van der Waals surface area contributed by atoms with Crippen LogP contribution in [-0.2, 0) is 20.8 Å². The number of hydrogen-bond acceptors (Lipinski definition) is 7. The number of rotatable bonds is 6. The summed E-state index contributed by atoms with van der Waals surface area (Å²) in [4.78, 5) is 40.9. The van der Waals surface area contributed by atoms with Crippen LogP contribution in [0.2, 0.25) is 0 Å². The normalized spacial score (nSPS) is 19.0. The molecular formula is C25H26N2O6.